The maximum atomic E-state index is 12.9. The van der Waals surface area contributed by atoms with Crippen LogP contribution in [-0.4, -0.2) is 64.6 Å². The summed E-state index contributed by atoms with van der Waals surface area (Å²) in [4.78, 5) is 37.4. The first-order valence-corrected chi connectivity index (χ1v) is 12.6. The van der Waals surface area contributed by atoms with E-state index < -0.39 is 22.2 Å². The number of carboxylic acid groups (broad SMARTS) is 1. The summed E-state index contributed by atoms with van der Waals surface area (Å²) in [6, 6.07) is 14.5. The predicted octanol–water partition coefficient (Wildman–Crippen LogP) is 4.01. The molecule has 2 unspecified atom stereocenters. The van der Waals surface area contributed by atoms with Crippen LogP contribution in [0.15, 0.2) is 60.0 Å². The number of piperidine rings is 1. The lowest BCUT2D eigenvalue weighted by Gasteiger charge is -2.31. The fourth-order valence-electron chi connectivity index (χ4n) is 4.37. The molecule has 4 rings (SSSR count). The van der Waals surface area contributed by atoms with E-state index in [2.05, 4.69) is 6.58 Å². The van der Waals surface area contributed by atoms with Gasteiger partial charge in [0.15, 0.2) is 0 Å². The summed E-state index contributed by atoms with van der Waals surface area (Å²) in [5, 5.41) is 21.0. The van der Waals surface area contributed by atoms with Gasteiger partial charge < -0.3 is 19.5 Å². The molecule has 2 aliphatic heterocycles. The third-order valence-electron chi connectivity index (χ3n) is 6.36. The summed E-state index contributed by atoms with van der Waals surface area (Å²) in [5.41, 5.74) is 1.09. The van der Waals surface area contributed by atoms with E-state index in [0.717, 1.165) is 5.56 Å². The first-order chi connectivity index (χ1) is 17.3. The number of carbonyl (C=O) groups excluding carboxylic acids is 1. The Kier molecular flexibility index (Phi) is 8.40. The molecule has 0 bridgehead atoms. The van der Waals surface area contributed by atoms with Gasteiger partial charge in [0.25, 0.3) is 11.6 Å². The number of nitro groups is 1. The molecule has 36 heavy (non-hydrogen) atoms. The fourth-order valence-corrected chi connectivity index (χ4v) is 5.43. The summed E-state index contributed by atoms with van der Waals surface area (Å²) < 4.78 is 11.9. The molecule has 0 aromatic heterocycles. The van der Waals surface area contributed by atoms with Gasteiger partial charge in [-0.3, -0.25) is 19.7 Å². The SMILES string of the molecule is C=C(C(=O)N1CCC(C(=O)O)CC1)c1ccc(SC2COCC(Cc3ccccc3)O2)c([N+](=O)[O-])c1. The second-order valence-electron chi connectivity index (χ2n) is 8.86. The van der Waals surface area contributed by atoms with E-state index in [1.54, 1.807) is 17.0 Å². The van der Waals surface area contributed by atoms with Crippen LogP contribution in [-0.2, 0) is 25.5 Å². The van der Waals surface area contributed by atoms with Crippen molar-refractivity contribution in [2.75, 3.05) is 26.3 Å². The zero-order chi connectivity index (χ0) is 25.7. The van der Waals surface area contributed by atoms with Crippen molar-refractivity contribution in [3.63, 3.8) is 0 Å². The quantitative estimate of drug-likeness (QED) is 0.320. The summed E-state index contributed by atoms with van der Waals surface area (Å²) in [6.07, 6.45) is 1.28. The van der Waals surface area contributed by atoms with Crippen molar-refractivity contribution in [3.05, 3.63) is 76.4 Å². The number of hydrogen-bond donors (Lipinski definition) is 1. The molecule has 9 nitrogen and oxygen atoms in total. The second-order valence-corrected chi connectivity index (χ2v) is 10.1. The number of carbonyl (C=O) groups is 2. The standard InChI is InChI=1S/C26H28N2O7S/c1-17(25(29)27-11-9-19(10-12-27)26(30)31)20-7-8-23(22(14-20)28(32)33)36-24-16-34-15-21(35-24)13-18-5-3-2-4-6-18/h2-8,14,19,21,24H,1,9-13,15-16H2,(H,30,31). The number of benzene rings is 2. The third kappa shape index (κ3) is 6.31. The number of aliphatic carboxylic acids is 1. The summed E-state index contributed by atoms with van der Waals surface area (Å²) in [5.74, 6) is -1.66. The molecule has 2 aromatic carbocycles. The Balaban J connectivity index is 1.42. The number of likely N-dealkylation sites (tertiary alicyclic amines) is 1. The Morgan fingerprint density at radius 2 is 1.86 bits per heavy atom. The first kappa shape index (κ1) is 25.9. The minimum Gasteiger partial charge on any atom is -0.481 e. The number of hydrogen-bond acceptors (Lipinski definition) is 7. The highest BCUT2D eigenvalue weighted by Gasteiger charge is 2.30. The van der Waals surface area contributed by atoms with Gasteiger partial charge in [-0.05, 0) is 30.0 Å². The van der Waals surface area contributed by atoms with Gasteiger partial charge in [0.2, 0.25) is 0 Å². The number of nitrogens with zero attached hydrogens (tertiary/aromatic N) is 2. The van der Waals surface area contributed by atoms with Gasteiger partial charge in [0.05, 0.1) is 35.1 Å². The number of rotatable bonds is 8. The number of nitro benzene ring substituents is 1. The highest BCUT2D eigenvalue weighted by molar-refractivity contribution is 8.00. The maximum Gasteiger partial charge on any atom is 0.306 e. The van der Waals surface area contributed by atoms with E-state index in [-0.39, 0.29) is 23.3 Å². The fraction of sp³-hybridized carbons (Fsp3) is 0.385. The number of ether oxygens (including phenoxy) is 2. The van der Waals surface area contributed by atoms with Crippen LogP contribution in [0.4, 0.5) is 5.69 Å². The van der Waals surface area contributed by atoms with E-state index in [9.17, 15) is 19.7 Å². The van der Waals surface area contributed by atoms with Crippen molar-refractivity contribution >= 4 is 34.9 Å². The topological polar surface area (TPSA) is 119 Å². The van der Waals surface area contributed by atoms with E-state index >= 15 is 0 Å². The summed E-state index contributed by atoms with van der Waals surface area (Å²) >= 11 is 1.22. The van der Waals surface area contributed by atoms with Crippen LogP contribution >= 0.6 is 11.8 Å². The van der Waals surface area contributed by atoms with Crippen molar-refractivity contribution < 1.29 is 29.1 Å². The highest BCUT2D eigenvalue weighted by Crippen LogP contribution is 2.36. The molecule has 2 saturated heterocycles. The Bertz CT molecular complexity index is 1130. The molecular formula is C26H28N2O7S. The molecule has 2 aliphatic rings. The molecule has 2 heterocycles. The average molecular weight is 513 g/mol. The molecule has 0 aliphatic carbocycles. The van der Waals surface area contributed by atoms with Gasteiger partial charge >= 0.3 is 5.97 Å². The van der Waals surface area contributed by atoms with Crippen LogP contribution in [0.25, 0.3) is 5.57 Å². The molecule has 1 amide bonds. The molecule has 1 N–H and O–H groups in total. The lowest BCUT2D eigenvalue weighted by molar-refractivity contribution is -0.387. The lowest BCUT2D eigenvalue weighted by Crippen LogP contribution is -2.40. The smallest absolute Gasteiger partial charge is 0.306 e. The zero-order valence-electron chi connectivity index (χ0n) is 19.7. The Morgan fingerprint density at radius 3 is 2.53 bits per heavy atom. The van der Waals surface area contributed by atoms with E-state index in [1.165, 1.54) is 17.8 Å². The molecule has 0 spiro atoms. The monoisotopic (exact) mass is 512 g/mol. The summed E-state index contributed by atoms with van der Waals surface area (Å²) in [7, 11) is 0. The van der Waals surface area contributed by atoms with E-state index in [1.807, 2.05) is 30.3 Å². The predicted molar refractivity (Wildman–Crippen MR) is 135 cm³/mol. The molecule has 190 valence electrons. The first-order valence-electron chi connectivity index (χ1n) is 11.8. The molecule has 10 heteroatoms. The molecule has 2 aromatic rings. The minimum atomic E-state index is -0.858. The van der Waals surface area contributed by atoms with Gasteiger partial charge in [-0.1, -0.05) is 54.7 Å². The molecule has 0 radical (unpaired) electrons. The van der Waals surface area contributed by atoms with Crippen LogP contribution in [0, 0.1) is 16.0 Å². The third-order valence-corrected chi connectivity index (χ3v) is 7.47. The Hall–Kier alpha value is -3.21. The van der Waals surface area contributed by atoms with Gasteiger partial charge in [0, 0.05) is 31.1 Å². The molecular weight excluding hydrogens is 484 g/mol. The summed E-state index contributed by atoms with van der Waals surface area (Å²) in [6.45, 7) is 5.26. The molecule has 2 fully saturated rings. The zero-order valence-corrected chi connectivity index (χ0v) is 20.5. The molecule has 2 atom stereocenters. The maximum absolute atomic E-state index is 12.9. The van der Waals surface area contributed by atoms with Crippen molar-refractivity contribution in [2.45, 2.75) is 35.7 Å². The van der Waals surface area contributed by atoms with Crippen LogP contribution < -0.4 is 0 Å². The number of carboxylic acids is 1. The highest BCUT2D eigenvalue weighted by atomic mass is 32.2. The normalized spacial score (nSPS) is 20.6. The van der Waals surface area contributed by atoms with Gasteiger partial charge in [0.1, 0.15) is 5.44 Å². The Labute approximate surface area is 213 Å². The van der Waals surface area contributed by atoms with Crippen LogP contribution in [0.2, 0.25) is 0 Å². The van der Waals surface area contributed by atoms with E-state index in [0.29, 0.717) is 56.0 Å². The number of thioether (sulfide) groups is 1. The lowest BCUT2D eigenvalue weighted by atomic mass is 9.96. The van der Waals surface area contributed by atoms with Crippen molar-refractivity contribution in [1.29, 1.82) is 0 Å². The number of amides is 1. The largest absolute Gasteiger partial charge is 0.481 e. The van der Waals surface area contributed by atoms with Gasteiger partial charge in [-0.2, -0.15) is 0 Å². The van der Waals surface area contributed by atoms with Gasteiger partial charge in [-0.15, -0.1) is 0 Å². The minimum absolute atomic E-state index is 0.134. The van der Waals surface area contributed by atoms with Crippen LogP contribution in [0.3, 0.4) is 0 Å². The average Bonchev–Trinajstić information content (AvgIpc) is 2.89. The van der Waals surface area contributed by atoms with Gasteiger partial charge in [-0.25, -0.2) is 0 Å². The van der Waals surface area contributed by atoms with E-state index in [4.69, 9.17) is 14.6 Å². The second kappa shape index (κ2) is 11.7. The molecule has 0 saturated carbocycles. The van der Waals surface area contributed by atoms with Crippen molar-refractivity contribution in [1.82, 2.24) is 4.90 Å². The van der Waals surface area contributed by atoms with Crippen LogP contribution in [0.1, 0.15) is 24.0 Å². The van der Waals surface area contributed by atoms with Crippen LogP contribution in [0.5, 0.6) is 0 Å². The van der Waals surface area contributed by atoms with Crippen molar-refractivity contribution in [2.24, 2.45) is 5.92 Å². The Morgan fingerprint density at radius 1 is 1.14 bits per heavy atom. The van der Waals surface area contributed by atoms with Crippen molar-refractivity contribution in [3.8, 4) is 0 Å².